The van der Waals surface area contributed by atoms with Crippen molar-refractivity contribution in [3.63, 3.8) is 0 Å². The van der Waals surface area contributed by atoms with Crippen LogP contribution in [-0.2, 0) is 7.05 Å². The summed E-state index contributed by atoms with van der Waals surface area (Å²) < 4.78 is 6.00. The van der Waals surface area contributed by atoms with Crippen LogP contribution in [0.5, 0.6) is 0 Å². The van der Waals surface area contributed by atoms with Gasteiger partial charge in [-0.25, -0.2) is 9.97 Å². The Labute approximate surface area is 250 Å². The molecule has 7 rings (SSSR count). The van der Waals surface area contributed by atoms with Gasteiger partial charge in [0.1, 0.15) is 22.7 Å². The van der Waals surface area contributed by atoms with Crippen molar-refractivity contribution in [3.05, 3.63) is 95.8 Å². The van der Waals surface area contributed by atoms with Gasteiger partial charge < -0.3 is 20.0 Å². The van der Waals surface area contributed by atoms with Crippen LogP contribution in [0.1, 0.15) is 38.4 Å². The Kier molecular flexibility index (Phi) is 6.86. The maximum Gasteiger partial charge on any atom is 0.272 e. The number of imidazole rings is 1. The molecule has 44 heavy (non-hydrogen) atoms. The first kappa shape index (κ1) is 27.1. The van der Waals surface area contributed by atoms with Gasteiger partial charge >= 0.3 is 0 Å². The summed E-state index contributed by atoms with van der Waals surface area (Å²) in [5, 5.41) is 12.8. The second kappa shape index (κ2) is 11.1. The number of primary amides is 1. The summed E-state index contributed by atoms with van der Waals surface area (Å²) >= 11 is 0. The maximum atomic E-state index is 13.5. The molecule has 2 amide bonds. The normalized spacial score (nSPS) is 14.6. The first-order chi connectivity index (χ1) is 21.4. The summed E-state index contributed by atoms with van der Waals surface area (Å²) in [5.74, 6) is 0.719. The van der Waals surface area contributed by atoms with Crippen LogP contribution in [0.2, 0.25) is 0 Å². The number of hydrogen-bond donors (Lipinski definition) is 2. The van der Waals surface area contributed by atoms with Crippen LogP contribution in [0.15, 0.2) is 77.5 Å². The van der Waals surface area contributed by atoms with Gasteiger partial charge in [0.05, 0.1) is 19.3 Å². The quantitative estimate of drug-likeness (QED) is 0.281. The van der Waals surface area contributed by atoms with Crippen molar-refractivity contribution in [2.75, 3.05) is 26.2 Å². The van der Waals surface area contributed by atoms with E-state index in [1.54, 1.807) is 42.4 Å². The zero-order valence-electron chi connectivity index (χ0n) is 23.7. The number of aryl methyl sites for hydroxylation is 1. The molecule has 1 fully saturated rings. The molecule has 0 bridgehead atoms. The van der Waals surface area contributed by atoms with Crippen molar-refractivity contribution >= 4 is 22.9 Å². The Morgan fingerprint density at radius 2 is 1.80 bits per heavy atom. The Hall–Kier alpha value is -5.76. The number of nitrogens with two attached hydrogens (primary N) is 1. The topological polar surface area (TPSA) is 178 Å². The molecule has 0 aliphatic carbocycles. The van der Waals surface area contributed by atoms with Crippen LogP contribution in [0.3, 0.4) is 0 Å². The smallest absolute Gasteiger partial charge is 0.272 e. The summed E-state index contributed by atoms with van der Waals surface area (Å²) in [7, 11) is 1.75. The van der Waals surface area contributed by atoms with E-state index >= 15 is 0 Å². The van der Waals surface area contributed by atoms with Gasteiger partial charge in [-0.05, 0) is 41.1 Å². The van der Waals surface area contributed by atoms with E-state index in [1.807, 2.05) is 24.3 Å². The molecular formula is C30H27N11O3. The number of pyridine rings is 1. The van der Waals surface area contributed by atoms with E-state index in [2.05, 4.69) is 52.4 Å². The molecule has 5 heterocycles. The Morgan fingerprint density at radius 3 is 2.52 bits per heavy atom. The Bertz CT molecular complexity index is 1970. The Balaban J connectivity index is 1.07. The van der Waals surface area contributed by atoms with E-state index < -0.39 is 5.91 Å². The number of rotatable bonds is 7. The highest BCUT2D eigenvalue weighted by atomic mass is 16.3. The summed E-state index contributed by atoms with van der Waals surface area (Å²) in [5.41, 5.74) is 9.44. The number of nitrogens with zero attached hydrogens (tertiary/aromatic N) is 9. The summed E-state index contributed by atoms with van der Waals surface area (Å²) in [6.45, 7) is 2.30. The van der Waals surface area contributed by atoms with E-state index in [1.165, 1.54) is 11.0 Å². The van der Waals surface area contributed by atoms with E-state index in [0.717, 1.165) is 11.1 Å². The van der Waals surface area contributed by atoms with Gasteiger partial charge in [0.25, 0.3) is 11.8 Å². The number of tetrazole rings is 1. The van der Waals surface area contributed by atoms with Crippen LogP contribution in [0, 0.1) is 0 Å². The van der Waals surface area contributed by atoms with Crippen LogP contribution in [0.4, 0.5) is 0 Å². The number of benzene rings is 2. The molecule has 1 unspecified atom stereocenters. The number of piperazine rings is 1. The zero-order chi connectivity index (χ0) is 30.2. The van der Waals surface area contributed by atoms with Crippen molar-refractivity contribution in [2.24, 2.45) is 12.8 Å². The molecular weight excluding hydrogens is 562 g/mol. The molecule has 0 saturated carbocycles. The van der Waals surface area contributed by atoms with Gasteiger partial charge in [-0.2, -0.15) is 4.80 Å². The summed E-state index contributed by atoms with van der Waals surface area (Å²) in [4.78, 5) is 46.6. The van der Waals surface area contributed by atoms with Gasteiger partial charge in [-0.3, -0.25) is 19.5 Å². The lowest BCUT2D eigenvalue weighted by atomic mass is 10.0. The number of oxazole rings is 1. The van der Waals surface area contributed by atoms with Crippen LogP contribution in [-0.4, -0.2) is 87.9 Å². The fraction of sp³-hybridized carbons (Fsp3) is 0.200. The van der Waals surface area contributed by atoms with Crippen molar-refractivity contribution in [1.29, 1.82) is 0 Å². The fourth-order valence-electron chi connectivity index (χ4n) is 5.38. The number of carbonyl (C=O) groups excluding carboxylic acids is 2. The number of hydrogen-bond acceptors (Lipinski definition) is 10. The molecule has 3 N–H and O–H groups in total. The largest absolute Gasteiger partial charge is 0.436 e. The first-order valence-corrected chi connectivity index (χ1v) is 14.0. The second-order valence-corrected chi connectivity index (χ2v) is 10.4. The third kappa shape index (κ3) is 5.18. The zero-order valence-corrected chi connectivity index (χ0v) is 23.7. The van der Waals surface area contributed by atoms with E-state index in [-0.39, 0.29) is 17.6 Å². The highest BCUT2D eigenvalue weighted by molar-refractivity contribution is 5.94. The van der Waals surface area contributed by atoms with Gasteiger partial charge in [0.2, 0.25) is 5.89 Å². The molecule has 220 valence electrons. The van der Waals surface area contributed by atoms with Crippen LogP contribution < -0.4 is 5.73 Å². The van der Waals surface area contributed by atoms with Gasteiger partial charge in [-0.1, -0.05) is 30.3 Å². The van der Waals surface area contributed by atoms with Crippen molar-refractivity contribution in [2.45, 2.75) is 6.04 Å². The molecule has 1 saturated heterocycles. The molecule has 4 aromatic heterocycles. The lowest BCUT2D eigenvalue weighted by Gasteiger charge is -2.38. The molecule has 1 aliphatic heterocycles. The van der Waals surface area contributed by atoms with E-state index in [9.17, 15) is 9.59 Å². The van der Waals surface area contributed by atoms with Gasteiger partial charge in [0, 0.05) is 43.5 Å². The fourth-order valence-corrected chi connectivity index (χ4v) is 5.38. The third-order valence-electron chi connectivity index (χ3n) is 7.58. The molecule has 1 aliphatic rings. The Morgan fingerprint density at radius 1 is 0.977 bits per heavy atom. The number of aromatic amines is 1. The maximum absolute atomic E-state index is 13.5. The molecule has 14 heteroatoms. The number of aromatic nitrogens is 8. The lowest BCUT2D eigenvalue weighted by Crippen LogP contribution is -2.50. The minimum Gasteiger partial charge on any atom is -0.436 e. The minimum absolute atomic E-state index is 0.165. The highest BCUT2D eigenvalue weighted by Crippen LogP contribution is 2.29. The molecule has 0 radical (unpaired) electrons. The van der Waals surface area contributed by atoms with Crippen molar-refractivity contribution < 1.29 is 14.0 Å². The lowest BCUT2D eigenvalue weighted by molar-refractivity contribution is 0.0586. The van der Waals surface area contributed by atoms with E-state index in [0.29, 0.717) is 66.1 Å². The monoisotopic (exact) mass is 589 g/mol. The van der Waals surface area contributed by atoms with E-state index in [4.69, 9.17) is 10.2 Å². The highest BCUT2D eigenvalue weighted by Gasteiger charge is 2.31. The summed E-state index contributed by atoms with van der Waals surface area (Å²) in [6, 6.07) is 18.7. The minimum atomic E-state index is -0.589. The predicted octanol–water partition coefficient (Wildman–Crippen LogP) is 2.45. The number of nitrogens with one attached hydrogen (secondary N) is 1. The predicted molar refractivity (Wildman–Crippen MR) is 158 cm³/mol. The standard InChI is InChI=1S/C30H27N11O3/c1-39-37-28(36-38-39)25(18-5-3-2-4-6-18)40-11-13-41(14-12-40)30(43)22-16-20(9-10-32-22)29-35-21-15-19(7-8-24(21)44-29)27-33-17-23(34-27)26(31)42/h2-10,15-17,25H,11-14H2,1H3,(H2,31,42)(H,33,34). The molecule has 0 spiro atoms. The van der Waals surface area contributed by atoms with Gasteiger partial charge in [-0.15, -0.1) is 10.2 Å². The molecule has 6 aromatic rings. The number of carbonyl (C=O) groups is 2. The first-order valence-electron chi connectivity index (χ1n) is 14.0. The summed E-state index contributed by atoms with van der Waals surface area (Å²) in [6.07, 6.45) is 2.97. The molecule has 14 nitrogen and oxygen atoms in total. The molecule has 2 aromatic carbocycles. The molecule has 1 atom stereocenters. The van der Waals surface area contributed by atoms with Crippen LogP contribution >= 0.6 is 0 Å². The second-order valence-electron chi connectivity index (χ2n) is 10.4. The SMILES string of the molecule is Cn1nnc(C(c2ccccc2)N2CCN(C(=O)c3cc(-c4nc5cc(-c6ncc(C(N)=O)[nH]6)ccc5o4)ccn3)CC2)n1. The van der Waals surface area contributed by atoms with Crippen molar-refractivity contribution in [3.8, 4) is 22.8 Å². The number of amides is 2. The average Bonchev–Trinajstić information content (AvgIpc) is 3.82. The average molecular weight is 590 g/mol. The number of H-pyrrole nitrogens is 1. The van der Waals surface area contributed by atoms with Gasteiger partial charge in [0.15, 0.2) is 11.4 Å². The third-order valence-corrected chi connectivity index (χ3v) is 7.58. The van der Waals surface area contributed by atoms with Crippen molar-refractivity contribution in [1.82, 2.24) is 49.9 Å². The van der Waals surface area contributed by atoms with Crippen LogP contribution in [0.25, 0.3) is 33.9 Å². The number of fused-ring (bicyclic) bond motifs is 1.